The van der Waals surface area contributed by atoms with Gasteiger partial charge in [-0.05, 0) is 18.2 Å². The van der Waals surface area contributed by atoms with Crippen LogP contribution in [0.3, 0.4) is 0 Å². The summed E-state index contributed by atoms with van der Waals surface area (Å²) in [7, 11) is 0. The van der Waals surface area contributed by atoms with E-state index < -0.39 is 22.3 Å². The summed E-state index contributed by atoms with van der Waals surface area (Å²) in [6, 6.07) is 7.21. The molecular formula is C15H9N5O5S. The van der Waals surface area contributed by atoms with Crippen LogP contribution in [0.25, 0.3) is 10.6 Å². The van der Waals surface area contributed by atoms with Crippen molar-refractivity contribution in [3.05, 3.63) is 58.4 Å². The molecule has 0 aliphatic heterocycles. The van der Waals surface area contributed by atoms with Gasteiger partial charge in [0, 0.05) is 24.0 Å². The molecule has 130 valence electrons. The number of hydrogen-bond donors (Lipinski definition) is 1. The molecule has 3 aromatic rings. The maximum absolute atomic E-state index is 12.4. The van der Waals surface area contributed by atoms with E-state index in [2.05, 4.69) is 25.2 Å². The molecule has 0 saturated heterocycles. The van der Waals surface area contributed by atoms with Gasteiger partial charge in [0.05, 0.1) is 10.5 Å². The second-order valence-corrected chi connectivity index (χ2v) is 5.70. The first-order valence-electron chi connectivity index (χ1n) is 7.03. The number of nitro benzene ring substituents is 1. The van der Waals surface area contributed by atoms with Crippen molar-refractivity contribution in [3.63, 3.8) is 0 Å². The van der Waals surface area contributed by atoms with Gasteiger partial charge in [-0.1, -0.05) is 17.4 Å². The minimum absolute atomic E-state index is 0.0194. The van der Waals surface area contributed by atoms with E-state index >= 15 is 0 Å². The van der Waals surface area contributed by atoms with E-state index in [1.165, 1.54) is 12.1 Å². The number of nitrogens with one attached hydrogen (secondary N) is 1. The van der Waals surface area contributed by atoms with Crippen molar-refractivity contribution < 1.29 is 19.2 Å². The Kier molecular flexibility index (Phi) is 4.90. The molecule has 0 fully saturated rings. The van der Waals surface area contributed by atoms with Gasteiger partial charge >= 0.3 is 5.69 Å². The Balaban J connectivity index is 1.87. The topological polar surface area (TPSA) is 137 Å². The molecule has 3 rings (SSSR count). The number of carbonyl (C=O) groups is 2. The van der Waals surface area contributed by atoms with E-state index in [4.69, 9.17) is 0 Å². The van der Waals surface area contributed by atoms with Crippen molar-refractivity contribution in [2.24, 2.45) is 0 Å². The van der Waals surface area contributed by atoms with Crippen molar-refractivity contribution in [2.45, 2.75) is 0 Å². The third-order valence-electron chi connectivity index (χ3n) is 3.17. The van der Waals surface area contributed by atoms with Crippen LogP contribution in [-0.2, 0) is 4.79 Å². The number of anilines is 1. The minimum atomic E-state index is -0.748. The minimum Gasteiger partial charge on any atom is -0.420 e. The number of aromatic nitrogens is 3. The van der Waals surface area contributed by atoms with Gasteiger partial charge in [0.1, 0.15) is 5.01 Å². The molecule has 0 radical (unpaired) electrons. The zero-order valence-electron chi connectivity index (χ0n) is 12.9. The van der Waals surface area contributed by atoms with E-state index in [0.717, 1.165) is 23.0 Å². The molecule has 0 spiro atoms. The zero-order chi connectivity index (χ0) is 18.5. The molecule has 0 unspecified atom stereocenters. The Morgan fingerprint density at radius 2 is 2.00 bits per heavy atom. The summed E-state index contributed by atoms with van der Waals surface area (Å²) < 4.78 is 4.64. The van der Waals surface area contributed by atoms with Crippen LogP contribution in [0.4, 0.5) is 10.8 Å². The summed E-state index contributed by atoms with van der Waals surface area (Å²) in [5.74, 6) is -1.16. The molecule has 0 aliphatic carbocycles. The summed E-state index contributed by atoms with van der Waals surface area (Å²) in [5, 5.41) is 22.1. The monoisotopic (exact) mass is 371 g/mol. The number of benzene rings is 1. The predicted molar refractivity (Wildman–Crippen MR) is 90.9 cm³/mol. The lowest BCUT2D eigenvalue weighted by Gasteiger charge is -2.06. The second kappa shape index (κ2) is 7.44. The van der Waals surface area contributed by atoms with E-state index in [9.17, 15) is 19.7 Å². The first-order valence-corrected chi connectivity index (χ1v) is 7.84. The summed E-state index contributed by atoms with van der Waals surface area (Å²) in [5.41, 5.74) is 0.102. The highest BCUT2D eigenvalue weighted by Crippen LogP contribution is 2.32. The van der Waals surface area contributed by atoms with Crippen LogP contribution >= 0.6 is 11.3 Å². The van der Waals surface area contributed by atoms with Gasteiger partial charge in [-0.15, -0.1) is 10.2 Å². The third-order valence-corrected chi connectivity index (χ3v) is 4.06. The molecule has 10 nitrogen and oxygen atoms in total. The average molecular weight is 371 g/mol. The number of carbonyl (C=O) groups excluding carboxylic acids is 2. The zero-order valence-corrected chi connectivity index (χ0v) is 13.7. The number of para-hydroxylation sites is 1. The van der Waals surface area contributed by atoms with E-state index in [0.29, 0.717) is 5.01 Å². The molecule has 0 atom stereocenters. The quantitative estimate of drug-likeness (QED) is 0.396. The highest BCUT2D eigenvalue weighted by atomic mass is 32.1. The molecule has 0 bridgehead atoms. The van der Waals surface area contributed by atoms with Gasteiger partial charge in [-0.25, -0.2) is 0 Å². The number of amides is 1. The number of pyridine rings is 1. The Morgan fingerprint density at radius 3 is 2.69 bits per heavy atom. The molecule has 26 heavy (non-hydrogen) atoms. The number of nitrogens with zero attached hydrogens (tertiary/aromatic N) is 4. The number of rotatable bonds is 6. The van der Waals surface area contributed by atoms with Gasteiger partial charge in [0.2, 0.25) is 10.9 Å². The van der Waals surface area contributed by atoms with Crippen LogP contribution in [0.15, 0.2) is 42.7 Å². The first-order chi connectivity index (χ1) is 12.6. The van der Waals surface area contributed by atoms with Gasteiger partial charge in [-0.3, -0.25) is 30.0 Å². The SMILES string of the molecule is O=COc1c(C(=O)Nc2nnc(-c3ccncc3)s2)cccc1[N+](=O)[O-]. The van der Waals surface area contributed by atoms with Crippen molar-refractivity contribution in [2.75, 3.05) is 5.32 Å². The Hall–Kier alpha value is -3.73. The maximum atomic E-state index is 12.4. The van der Waals surface area contributed by atoms with E-state index in [1.54, 1.807) is 24.5 Å². The maximum Gasteiger partial charge on any atom is 0.312 e. The van der Waals surface area contributed by atoms with Crippen molar-refractivity contribution >= 4 is 34.5 Å². The second-order valence-electron chi connectivity index (χ2n) is 4.73. The molecule has 1 aromatic carbocycles. The van der Waals surface area contributed by atoms with Gasteiger partial charge < -0.3 is 4.74 Å². The molecule has 1 N–H and O–H groups in total. The van der Waals surface area contributed by atoms with Crippen molar-refractivity contribution in [3.8, 4) is 16.3 Å². The number of ether oxygens (including phenoxy) is 1. The molecule has 0 aliphatic rings. The van der Waals surface area contributed by atoms with Gasteiger partial charge in [0.25, 0.3) is 12.4 Å². The van der Waals surface area contributed by atoms with Crippen molar-refractivity contribution in [1.82, 2.24) is 15.2 Å². The number of hydrogen-bond acceptors (Lipinski definition) is 9. The van der Waals surface area contributed by atoms with Crippen LogP contribution in [0.2, 0.25) is 0 Å². The smallest absolute Gasteiger partial charge is 0.312 e. The molecule has 2 aromatic heterocycles. The first kappa shape index (κ1) is 17.1. The fourth-order valence-corrected chi connectivity index (χ4v) is 2.81. The Morgan fingerprint density at radius 1 is 1.23 bits per heavy atom. The summed E-state index contributed by atoms with van der Waals surface area (Å²) >= 11 is 1.11. The predicted octanol–water partition coefficient (Wildman–Crippen LogP) is 2.30. The van der Waals surface area contributed by atoms with E-state index in [-0.39, 0.29) is 17.2 Å². The Bertz CT molecular complexity index is 976. The Labute approximate surface area is 149 Å². The molecule has 2 heterocycles. The van der Waals surface area contributed by atoms with Crippen LogP contribution in [0.5, 0.6) is 5.75 Å². The molecule has 0 saturated carbocycles. The summed E-state index contributed by atoms with van der Waals surface area (Å²) in [4.78, 5) is 37.3. The van der Waals surface area contributed by atoms with Gasteiger partial charge in [0.15, 0.2) is 0 Å². The van der Waals surface area contributed by atoms with Crippen LogP contribution in [-0.4, -0.2) is 32.5 Å². The van der Waals surface area contributed by atoms with Crippen LogP contribution < -0.4 is 10.1 Å². The van der Waals surface area contributed by atoms with Crippen molar-refractivity contribution in [1.29, 1.82) is 0 Å². The van der Waals surface area contributed by atoms with Crippen LogP contribution in [0.1, 0.15) is 10.4 Å². The van der Waals surface area contributed by atoms with Gasteiger partial charge in [-0.2, -0.15) is 0 Å². The molecular weight excluding hydrogens is 362 g/mol. The number of nitro groups is 1. The lowest BCUT2D eigenvalue weighted by atomic mass is 10.1. The van der Waals surface area contributed by atoms with E-state index in [1.807, 2.05) is 0 Å². The molecule has 1 amide bonds. The standard InChI is InChI=1S/C15H9N5O5S/c21-8-25-12-10(2-1-3-11(12)20(23)24)13(22)17-15-19-18-14(26-15)9-4-6-16-7-5-9/h1-8H,(H,17,19,22). The fraction of sp³-hybridized carbons (Fsp3) is 0. The third kappa shape index (κ3) is 3.52. The fourth-order valence-electron chi connectivity index (χ4n) is 2.07. The largest absolute Gasteiger partial charge is 0.420 e. The summed E-state index contributed by atoms with van der Waals surface area (Å²) in [6.07, 6.45) is 3.20. The van der Waals surface area contributed by atoms with Crippen LogP contribution in [0, 0.1) is 10.1 Å². The lowest BCUT2D eigenvalue weighted by molar-refractivity contribution is -0.385. The highest BCUT2D eigenvalue weighted by Gasteiger charge is 2.24. The average Bonchev–Trinajstić information content (AvgIpc) is 3.11. The molecule has 11 heteroatoms. The highest BCUT2D eigenvalue weighted by molar-refractivity contribution is 7.18. The normalized spacial score (nSPS) is 10.2. The summed E-state index contributed by atoms with van der Waals surface area (Å²) in [6.45, 7) is 0.0194. The lowest BCUT2D eigenvalue weighted by Crippen LogP contribution is -2.14.